The highest BCUT2D eigenvalue weighted by molar-refractivity contribution is 5.89. The molecule has 0 unspecified atom stereocenters. The Morgan fingerprint density at radius 3 is 2.68 bits per heavy atom. The minimum Gasteiger partial charge on any atom is -0.335 e. The number of hydrogen-bond donors (Lipinski definition) is 3. The fourth-order valence-corrected chi connectivity index (χ4v) is 2.21. The first-order valence-corrected chi connectivity index (χ1v) is 7.19. The molecule has 2 aliphatic rings. The molecule has 1 aromatic carbocycles. The van der Waals surface area contributed by atoms with E-state index >= 15 is 0 Å². The van der Waals surface area contributed by atoms with Gasteiger partial charge in [-0.15, -0.1) is 0 Å². The van der Waals surface area contributed by atoms with E-state index in [0.717, 1.165) is 25.1 Å². The van der Waals surface area contributed by atoms with E-state index in [1.165, 1.54) is 24.8 Å². The summed E-state index contributed by atoms with van der Waals surface area (Å²) in [6, 6.07) is 9.04. The van der Waals surface area contributed by atoms with Gasteiger partial charge < -0.3 is 16.0 Å². The van der Waals surface area contributed by atoms with Crippen LogP contribution in [0.4, 0.5) is 10.5 Å². The molecule has 19 heavy (non-hydrogen) atoms. The van der Waals surface area contributed by atoms with Gasteiger partial charge in [0.1, 0.15) is 0 Å². The molecular formula is C15H21N3O. The van der Waals surface area contributed by atoms with Crippen LogP contribution >= 0.6 is 0 Å². The summed E-state index contributed by atoms with van der Waals surface area (Å²) in [5.74, 6) is 0. The summed E-state index contributed by atoms with van der Waals surface area (Å²) >= 11 is 0. The number of rotatable bonds is 5. The van der Waals surface area contributed by atoms with Gasteiger partial charge in [-0.25, -0.2) is 4.79 Å². The maximum atomic E-state index is 11.8. The predicted octanol–water partition coefficient (Wildman–Crippen LogP) is 2.61. The van der Waals surface area contributed by atoms with Gasteiger partial charge in [-0.1, -0.05) is 12.1 Å². The van der Waals surface area contributed by atoms with Crippen molar-refractivity contribution in [2.75, 3.05) is 5.32 Å². The lowest BCUT2D eigenvalue weighted by molar-refractivity contribution is 0.240. The minimum absolute atomic E-state index is 0.0861. The van der Waals surface area contributed by atoms with Gasteiger partial charge in [0, 0.05) is 24.3 Å². The number of benzene rings is 1. The maximum absolute atomic E-state index is 11.8. The second-order valence-corrected chi connectivity index (χ2v) is 5.58. The van der Waals surface area contributed by atoms with E-state index in [1.54, 1.807) is 0 Å². The highest BCUT2D eigenvalue weighted by Gasteiger charge is 2.20. The largest absolute Gasteiger partial charge is 0.335 e. The minimum atomic E-state index is -0.0861. The van der Waals surface area contributed by atoms with E-state index in [2.05, 4.69) is 22.0 Å². The summed E-state index contributed by atoms with van der Waals surface area (Å²) in [5.41, 5.74) is 2.08. The van der Waals surface area contributed by atoms with Gasteiger partial charge in [-0.3, -0.25) is 0 Å². The normalized spacial score (nSPS) is 18.7. The molecule has 0 saturated heterocycles. The van der Waals surface area contributed by atoms with Crippen molar-refractivity contribution in [2.24, 2.45) is 0 Å². The number of urea groups is 1. The molecule has 3 N–H and O–H groups in total. The quantitative estimate of drug-likeness (QED) is 0.761. The van der Waals surface area contributed by atoms with Crippen LogP contribution in [0.3, 0.4) is 0 Å². The Kier molecular flexibility index (Phi) is 3.69. The summed E-state index contributed by atoms with van der Waals surface area (Å²) in [6.07, 6.45) is 6.04. The van der Waals surface area contributed by atoms with Crippen LogP contribution in [-0.2, 0) is 6.54 Å². The Hall–Kier alpha value is -1.55. The van der Waals surface area contributed by atoms with E-state index in [0.29, 0.717) is 12.1 Å². The van der Waals surface area contributed by atoms with Crippen molar-refractivity contribution in [3.8, 4) is 0 Å². The Morgan fingerprint density at radius 1 is 1.16 bits per heavy atom. The van der Waals surface area contributed by atoms with Crippen LogP contribution in [0.5, 0.6) is 0 Å². The highest BCUT2D eigenvalue weighted by atomic mass is 16.2. The number of anilines is 1. The molecule has 0 atom stereocenters. The monoisotopic (exact) mass is 259 g/mol. The van der Waals surface area contributed by atoms with Crippen LogP contribution in [0.2, 0.25) is 0 Å². The molecule has 0 aliphatic heterocycles. The first kappa shape index (κ1) is 12.5. The molecule has 0 spiro atoms. The Labute approximate surface area is 114 Å². The molecule has 2 amide bonds. The lowest BCUT2D eigenvalue weighted by Gasteiger charge is -2.26. The second kappa shape index (κ2) is 5.61. The maximum Gasteiger partial charge on any atom is 0.319 e. The standard InChI is InChI=1S/C15H21N3O/c19-15(17-13-4-2-5-13)18-14-6-1-3-11(9-14)10-16-12-7-8-12/h1,3,6,9,12-13,16H,2,4-5,7-8,10H2,(H2,17,18,19). The fourth-order valence-electron chi connectivity index (χ4n) is 2.21. The van der Waals surface area contributed by atoms with E-state index in [4.69, 9.17) is 0 Å². The summed E-state index contributed by atoms with van der Waals surface area (Å²) < 4.78 is 0. The van der Waals surface area contributed by atoms with Crippen molar-refractivity contribution in [3.63, 3.8) is 0 Å². The van der Waals surface area contributed by atoms with Crippen molar-refractivity contribution in [1.29, 1.82) is 0 Å². The Balaban J connectivity index is 1.50. The first-order chi connectivity index (χ1) is 9.29. The van der Waals surface area contributed by atoms with E-state index in [1.807, 2.05) is 18.2 Å². The third-order valence-electron chi connectivity index (χ3n) is 3.80. The van der Waals surface area contributed by atoms with Crippen molar-refractivity contribution >= 4 is 11.7 Å². The third kappa shape index (κ3) is 3.70. The number of nitrogens with one attached hydrogen (secondary N) is 3. The van der Waals surface area contributed by atoms with E-state index in [9.17, 15) is 4.79 Å². The Bertz CT molecular complexity index is 452. The molecular weight excluding hydrogens is 238 g/mol. The predicted molar refractivity (Wildman–Crippen MR) is 76.1 cm³/mol. The SMILES string of the molecule is O=C(Nc1cccc(CNC2CC2)c1)NC1CCC1. The molecule has 0 heterocycles. The number of amides is 2. The molecule has 102 valence electrons. The molecule has 4 nitrogen and oxygen atoms in total. The molecule has 1 aromatic rings. The van der Waals surface area contributed by atoms with Gasteiger partial charge in [0.15, 0.2) is 0 Å². The fraction of sp³-hybridized carbons (Fsp3) is 0.533. The number of carbonyl (C=O) groups is 1. The summed E-state index contributed by atoms with van der Waals surface area (Å²) in [4.78, 5) is 11.8. The highest BCUT2D eigenvalue weighted by Crippen LogP contribution is 2.20. The molecule has 4 heteroatoms. The molecule has 3 rings (SSSR count). The molecule has 0 radical (unpaired) electrons. The van der Waals surface area contributed by atoms with Crippen LogP contribution in [0.25, 0.3) is 0 Å². The number of hydrogen-bond acceptors (Lipinski definition) is 2. The summed E-state index contributed by atoms with van der Waals surface area (Å²) in [6.45, 7) is 0.879. The molecule has 0 bridgehead atoms. The molecule has 2 fully saturated rings. The average molecular weight is 259 g/mol. The van der Waals surface area contributed by atoms with Crippen LogP contribution in [0.1, 0.15) is 37.7 Å². The molecule has 2 aliphatic carbocycles. The second-order valence-electron chi connectivity index (χ2n) is 5.58. The van der Waals surface area contributed by atoms with Gasteiger partial charge in [0.05, 0.1) is 0 Å². The van der Waals surface area contributed by atoms with Crippen LogP contribution in [-0.4, -0.2) is 18.1 Å². The summed E-state index contributed by atoms with van der Waals surface area (Å²) in [7, 11) is 0. The van der Waals surface area contributed by atoms with Crippen molar-refractivity contribution in [1.82, 2.24) is 10.6 Å². The van der Waals surface area contributed by atoms with Crippen molar-refractivity contribution in [3.05, 3.63) is 29.8 Å². The van der Waals surface area contributed by atoms with Crippen LogP contribution in [0, 0.1) is 0 Å². The van der Waals surface area contributed by atoms with Crippen LogP contribution in [0.15, 0.2) is 24.3 Å². The molecule has 0 aromatic heterocycles. The Morgan fingerprint density at radius 2 is 2.00 bits per heavy atom. The van der Waals surface area contributed by atoms with Gasteiger partial charge in [0.25, 0.3) is 0 Å². The number of carbonyl (C=O) groups excluding carboxylic acids is 1. The lowest BCUT2D eigenvalue weighted by atomic mass is 9.93. The van der Waals surface area contributed by atoms with Gasteiger partial charge in [-0.05, 0) is 49.8 Å². The van der Waals surface area contributed by atoms with E-state index in [-0.39, 0.29) is 6.03 Å². The topological polar surface area (TPSA) is 53.2 Å². The van der Waals surface area contributed by atoms with Gasteiger partial charge >= 0.3 is 6.03 Å². The third-order valence-corrected chi connectivity index (χ3v) is 3.80. The van der Waals surface area contributed by atoms with Crippen LogP contribution < -0.4 is 16.0 Å². The zero-order chi connectivity index (χ0) is 13.1. The first-order valence-electron chi connectivity index (χ1n) is 7.19. The zero-order valence-corrected chi connectivity index (χ0v) is 11.1. The smallest absolute Gasteiger partial charge is 0.319 e. The van der Waals surface area contributed by atoms with Gasteiger partial charge in [0.2, 0.25) is 0 Å². The lowest BCUT2D eigenvalue weighted by Crippen LogP contribution is -2.41. The summed E-state index contributed by atoms with van der Waals surface area (Å²) in [5, 5.41) is 9.36. The van der Waals surface area contributed by atoms with Crippen molar-refractivity contribution < 1.29 is 4.79 Å². The average Bonchev–Trinajstić information content (AvgIpc) is 3.16. The molecule has 2 saturated carbocycles. The van der Waals surface area contributed by atoms with E-state index < -0.39 is 0 Å². The van der Waals surface area contributed by atoms with Gasteiger partial charge in [-0.2, -0.15) is 0 Å². The van der Waals surface area contributed by atoms with Crippen molar-refractivity contribution in [2.45, 2.75) is 50.7 Å². The zero-order valence-electron chi connectivity index (χ0n) is 11.1.